The van der Waals surface area contributed by atoms with Gasteiger partial charge in [0.2, 0.25) is 0 Å². The molecule has 0 bridgehead atoms. The molecular weight excluding hydrogens is 276 g/mol. The molecule has 0 aromatic heterocycles. The van der Waals surface area contributed by atoms with Gasteiger partial charge in [-0.15, -0.1) is 11.8 Å². The van der Waals surface area contributed by atoms with Crippen molar-refractivity contribution in [3.63, 3.8) is 0 Å². The van der Waals surface area contributed by atoms with Crippen LogP contribution < -0.4 is 9.47 Å². The first-order valence-electron chi connectivity index (χ1n) is 4.98. The van der Waals surface area contributed by atoms with Crippen LogP contribution in [0.4, 0.5) is 0 Å². The summed E-state index contributed by atoms with van der Waals surface area (Å²) in [6.45, 7) is 1.31. The lowest BCUT2D eigenvalue weighted by molar-refractivity contribution is 0.171. The molecule has 0 atom stereocenters. The maximum absolute atomic E-state index is 5.52. The molecule has 0 fully saturated rings. The van der Waals surface area contributed by atoms with E-state index in [1.54, 1.807) is 0 Å². The van der Waals surface area contributed by atoms with Gasteiger partial charge in [-0.05, 0) is 30.4 Å². The molecule has 0 radical (unpaired) electrons. The molecule has 1 aromatic carbocycles. The van der Waals surface area contributed by atoms with Crippen LogP contribution in [0.1, 0.15) is 6.42 Å². The zero-order valence-corrected chi connectivity index (χ0v) is 10.8. The molecule has 0 saturated carbocycles. The molecule has 0 N–H and O–H groups in total. The highest BCUT2D eigenvalue weighted by Gasteiger charge is 2.11. The third kappa shape index (κ3) is 3.05. The Bertz CT molecular complexity index is 330. The summed E-state index contributed by atoms with van der Waals surface area (Å²) in [5, 5.41) is 1.06. The maximum atomic E-state index is 5.52. The fourth-order valence-electron chi connectivity index (χ4n) is 1.36. The largest absolute Gasteiger partial charge is 0.486 e. The van der Waals surface area contributed by atoms with Gasteiger partial charge < -0.3 is 9.47 Å². The van der Waals surface area contributed by atoms with Gasteiger partial charge in [0.05, 0.1) is 0 Å². The van der Waals surface area contributed by atoms with Crippen molar-refractivity contribution in [2.75, 3.05) is 24.3 Å². The second kappa shape index (κ2) is 5.66. The Morgan fingerprint density at radius 1 is 1.20 bits per heavy atom. The first-order chi connectivity index (χ1) is 7.40. The van der Waals surface area contributed by atoms with Crippen molar-refractivity contribution in [1.82, 2.24) is 0 Å². The predicted octanol–water partition coefficient (Wildman–Crippen LogP) is 3.33. The summed E-state index contributed by atoms with van der Waals surface area (Å²) >= 11 is 5.28. The van der Waals surface area contributed by atoms with Crippen molar-refractivity contribution in [2.45, 2.75) is 11.3 Å². The van der Waals surface area contributed by atoms with Crippen molar-refractivity contribution >= 4 is 27.7 Å². The number of hydrogen-bond acceptors (Lipinski definition) is 3. The van der Waals surface area contributed by atoms with Crippen LogP contribution in [0.15, 0.2) is 23.1 Å². The van der Waals surface area contributed by atoms with E-state index in [1.165, 1.54) is 11.3 Å². The minimum atomic E-state index is 0.655. The molecule has 4 heteroatoms. The van der Waals surface area contributed by atoms with Gasteiger partial charge in [0.1, 0.15) is 13.2 Å². The van der Waals surface area contributed by atoms with Crippen molar-refractivity contribution in [2.24, 2.45) is 0 Å². The van der Waals surface area contributed by atoms with E-state index in [0.717, 1.165) is 22.6 Å². The Balaban J connectivity index is 2.00. The van der Waals surface area contributed by atoms with Crippen molar-refractivity contribution in [3.8, 4) is 11.5 Å². The summed E-state index contributed by atoms with van der Waals surface area (Å²) in [7, 11) is 0. The number of alkyl halides is 1. The average Bonchev–Trinajstić information content (AvgIpc) is 2.29. The Labute approximate surface area is 102 Å². The molecule has 15 heavy (non-hydrogen) atoms. The number of thioether (sulfide) groups is 1. The van der Waals surface area contributed by atoms with Crippen LogP contribution in [-0.2, 0) is 0 Å². The highest BCUT2D eigenvalue weighted by Crippen LogP contribution is 2.34. The number of fused-ring (bicyclic) bond motifs is 1. The molecule has 0 saturated heterocycles. The Kier molecular flexibility index (Phi) is 4.20. The highest BCUT2D eigenvalue weighted by atomic mass is 79.9. The summed E-state index contributed by atoms with van der Waals surface area (Å²) in [6.07, 6.45) is 1.18. The van der Waals surface area contributed by atoms with E-state index in [9.17, 15) is 0 Å². The van der Waals surface area contributed by atoms with Crippen molar-refractivity contribution in [1.29, 1.82) is 0 Å². The van der Waals surface area contributed by atoms with E-state index in [2.05, 4.69) is 28.1 Å². The summed E-state index contributed by atoms with van der Waals surface area (Å²) < 4.78 is 11.0. The highest BCUT2D eigenvalue weighted by molar-refractivity contribution is 9.09. The van der Waals surface area contributed by atoms with Crippen LogP contribution in [-0.4, -0.2) is 24.3 Å². The first-order valence-corrected chi connectivity index (χ1v) is 7.09. The number of benzene rings is 1. The van der Waals surface area contributed by atoms with Crippen molar-refractivity contribution in [3.05, 3.63) is 18.2 Å². The minimum Gasteiger partial charge on any atom is -0.486 e. The number of hydrogen-bond donors (Lipinski definition) is 0. The maximum Gasteiger partial charge on any atom is 0.162 e. The Morgan fingerprint density at radius 2 is 2.00 bits per heavy atom. The number of ether oxygens (including phenoxy) is 2. The first kappa shape index (κ1) is 11.1. The molecule has 0 unspecified atom stereocenters. The molecule has 0 aliphatic carbocycles. The quantitative estimate of drug-likeness (QED) is 0.481. The summed E-state index contributed by atoms with van der Waals surface area (Å²) in [5.41, 5.74) is 0. The molecule has 1 heterocycles. The summed E-state index contributed by atoms with van der Waals surface area (Å²) in [4.78, 5) is 1.25. The topological polar surface area (TPSA) is 18.5 Å². The minimum absolute atomic E-state index is 0.655. The van der Waals surface area contributed by atoms with Gasteiger partial charge in [0, 0.05) is 10.2 Å². The Morgan fingerprint density at radius 3 is 2.80 bits per heavy atom. The standard InChI is InChI=1S/C11H13BrO2S/c12-4-1-7-15-9-2-3-10-11(8-9)14-6-5-13-10/h2-3,8H,1,4-7H2. The van der Waals surface area contributed by atoms with E-state index >= 15 is 0 Å². The number of halogens is 1. The predicted molar refractivity (Wildman–Crippen MR) is 66.6 cm³/mol. The molecule has 1 aliphatic rings. The van der Waals surface area contributed by atoms with Gasteiger partial charge in [0.15, 0.2) is 11.5 Å². The molecule has 1 aliphatic heterocycles. The molecule has 0 amide bonds. The number of rotatable bonds is 4. The Hall–Kier alpha value is -0.350. The van der Waals surface area contributed by atoms with Gasteiger partial charge in [-0.25, -0.2) is 0 Å². The van der Waals surface area contributed by atoms with Gasteiger partial charge >= 0.3 is 0 Å². The normalized spacial score (nSPS) is 13.9. The van der Waals surface area contributed by atoms with Crippen LogP contribution in [0.25, 0.3) is 0 Å². The molecule has 2 nitrogen and oxygen atoms in total. The van der Waals surface area contributed by atoms with Gasteiger partial charge in [-0.1, -0.05) is 15.9 Å². The van der Waals surface area contributed by atoms with E-state index in [-0.39, 0.29) is 0 Å². The molecule has 82 valence electrons. The average molecular weight is 289 g/mol. The monoisotopic (exact) mass is 288 g/mol. The van der Waals surface area contributed by atoms with Gasteiger partial charge in [0.25, 0.3) is 0 Å². The summed E-state index contributed by atoms with van der Waals surface area (Å²) in [6, 6.07) is 6.14. The smallest absolute Gasteiger partial charge is 0.162 e. The van der Waals surface area contributed by atoms with Crippen molar-refractivity contribution < 1.29 is 9.47 Å². The van der Waals surface area contributed by atoms with Gasteiger partial charge in [-0.2, -0.15) is 0 Å². The zero-order chi connectivity index (χ0) is 10.5. The van der Waals surface area contributed by atoms with E-state index in [4.69, 9.17) is 9.47 Å². The molecule has 0 spiro atoms. The third-order valence-electron chi connectivity index (χ3n) is 2.06. The van der Waals surface area contributed by atoms with Crippen LogP contribution >= 0.6 is 27.7 Å². The fourth-order valence-corrected chi connectivity index (χ4v) is 2.89. The van der Waals surface area contributed by atoms with Crippen LogP contribution in [0, 0.1) is 0 Å². The fraction of sp³-hybridized carbons (Fsp3) is 0.455. The SMILES string of the molecule is BrCCCSc1ccc2c(c1)OCCO2. The third-order valence-corrected chi connectivity index (χ3v) is 3.70. The lowest BCUT2D eigenvalue weighted by Crippen LogP contribution is -2.15. The van der Waals surface area contributed by atoms with E-state index in [1.807, 2.05) is 17.8 Å². The lowest BCUT2D eigenvalue weighted by Gasteiger charge is -2.18. The molecular formula is C11H13BrO2S. The van der Waals surface area contributed by atoms with E-state index < -0.39 is 0 Å². The second-order valence-electron chi connectivity index (χ2n) is 3.20. The zero-order valence-electron chi connectivity index (χ0n) is 8.37. The van der Waals surface area contributed by atoms with Gasteiger partial charge in [-0.3, -0.25) is 0 Å². The van der Waals surface area contributed by atoms with Crippen LogP contribution in [0.2, 0.25) is 0 Å². The summed E-state index contributed by atoms with van der Waals surface area (Å²) in [5.74, 6) is 2.88. The van der Waals surface area contributed by atoms with Crippen LogP contribution in [0.3, 0.4) is 0 Å². The second-order valence-corrected chi connectivity index (χ2v) is 5.16. The van der Waals surface area contributed by atoms with E-state index in [0.29, 0.717) is 13.2 Å². The lowest BCUT2D eigenvalue weighted by atomic mass is 10.3. The molecule has 2 rings (SSSR count). The van der Waals surface area contributed by atoms with Crippen LogP contribution in [0.5, 0.6) is 11.5 Å². The molecule has 1 aromatic rings.